The molecule has 0 spiro atoms. The summed E-state index contributed by atoms with van der Waals surface area (Å²) in [7, 11) is 0. The van der Waals surface area contributed by atoms with E-state index in [-0.39, 0.29) is 17.3 Å². The SMILES string of the molecule is Cc1ccc(N2C(=O)C(O)=C(C(=O)C(C)C)C2c2ccccn2)cc1C. The number of ketones is 1. The Morgan fingerprint density at radius 3 is 2.46 bits per heavy atom. The molecule has 3 rings (SSSR count). The van der Waals surface area contributed by atoms with E-state index in [1.165, 1.54) is 4.90 Å². The van der Waals surface area contributed by atoms with Crippen LogP contribution in [0.15, 0.2) is 53.9 Å². The van der Waals surface area contributed by atoms with Gasteiger partial charge in [-0.25, -0.2) is 0 Å². The van der Waals surface area contributed by atoms with Crippen molar-refractivity contribution in [1.29, 1.82) is 0 Å². The van der Waals surface area contributed by atoms with Crippen molar-refractivity contribution in [2.75, 3.05) is 4.90 Å². The summed E-state index contributed by atoms with van der Waals surface area (Å²) in [6.45, 7) is 7.45. The second-order valence-electron chi connectivity index (χ2n) is 6.88. The van der Waals surface area contributed by atoms with Crippen molar-refractivity contribution < 1.29 is 14.7 Å². The van der Waals surface area contributed by atoms with Crippen molar-refractivity contribution >= 4 is 17.4 Å². The number of aliphatic hydroxyl groups is 1. The molecule has 2 heterocycles. The van der Waals surface area contributed by atoms with Crippen LogP contribution < -0.4 is 4.90 Å². The molecule has 0 bridgehead atoms. The molecule has 5 nitrogen and oxygen atoms in total. The molecule has 1 aliphatic rings. The fourth-order valence-electron chi connectivity index (χ4n) is 3.13. The maximum Gasteiger partial charge on any atom is 0.294 e. The number of carbonyl (C=O) groups is 2. The van der Waals surface area contributed by atoms with Crippen molar-refractivity contribution in [1.82, 2.24) is 4.98 Å². The Labute approximate surface area is 153 Å². The Kier molecular flexibility index (Phi) is 4.64. The number of Topliss-reactive ketones (excluding diaryl/α,β-unsaturated/α-hetero) is 1. The van der Waals surface area contributed by atoms with Crippen molar-refractivity contribution in [2.45, 2.75) is 33.7 Å². The number of anilines is 1. The number of hydrogen-bond acceptors (Lipinski definition) is 4. The third-order valence-electron chi connectivity index (χ3n) is 4.73. The summed E-state index contributed by atoms with van der Waals surface area (Å²) in [5.41, 5.74) is 3.42. The average molecular weight is 350 g/mol. The average Bonchev–Trinajstić information content (AvgIpc) is 2.89. The second-order valence-corrected chi connectivity index (χ2v) is 6.88. The number of aromatic nitrogens is 1. The summed E-state index contributed by atoms with van der Waals surface area (Å²) in [4.78, 5) is 31.4. The van der Waals surface area contributed by atoms with E-state index in [2.05, 4.69) is 4.98 Å². The van der Waals surface area contributed by atoms with Crippen LogP contribution in [-0.2, 0) is 9.59 Å². The van der Waals surface area contributed by atoms with E-state index in [9.17, 15) is 14.7 Å². The quantitative estimate of drug-likeness (QED) is 0.910. The number of benzene rings is 1. The van der Waals surface area contributed by atoms with Gasteiger partial charge in [0.1, 0.15) is 6.04 Å². The molecule has 1 unspecified atom stereocenters. The highest BCUT2D eigenvalue weighted by Crippen LogP contribution is 2.41. The zero-order valence-electron chi connectivity index (χ0n) is 15.4. The zero-order valence-corrected chi connectivity index (χ0v) is 15.4. The molecule has 0 fully saturated rings. The summed E-state index contributed by atoms with van der Waals surface area (Å²) >= 11 is 0. The number of nitrogens with zero attached hydrogens (tertiary/aromatic N) is 2. The Hall–Kier alpha value is -2.95. The van der Waals surface area contributed by atoms with Crippen LogP contribution in [0.1, 0.15) is 36.7 Å². The van der Waals surface area contributed by atoms with Crippen LogP contribution in [0.4, 0.5) is 5.69 Å². The van der Waals surface area contributed by atoms with Crippen LogP contribution in [0.3, 0.4) is 0 Å². The summed E-state index contributed by atoms with van der Waals surface area (Å²) in [6, 6.07) is 10.2. The van der Waals surface area contributed by atoms with Gasteiger partial charge in [0.25, 0.3) is 5.91 Å². The van der Waals surface area contributed by atoms with E-state index in [0.717, 1.165) is 11.1 Å². The van der Waals surface area contributed by atoms with Gasteiger partial charge in [0, 0.05) is 17.8 Å². The second kappa shape index (κ2) is 6.75. The summed E-state index contributed by atoms with van der Waals surface area (Å²) < 4.78 is 0. The number of carbonyl (C=O) groups excluding carboxylic acids is 2. The lowest BCUT2D eigenvalue weighted by Crippen LogP contribution is -2.32. The third-order valence-corrected chi connectivity index (χ3v) is 4.73. The first-order valence-corrected chi connectivity index (χ1v) is 8.62. The van der Waals surface area contributed by atoms with Crippen molar-refractivity contribution in [3.8, 4) is 0 Å². The minimum absolute atomic E-state index is 0.113. The van der Waals surface area contributed by atoms with Gasteiger partial charge in [-0.3, -0.25) is 19.5 Å². The summed E-state index contributed by atoms with van der Waals surface area (Å²) in [5, 5.41) is 10.5. The first kappa shape index (κ1) is 17.9. The first-order valence-electron chi connectivity index (χ1n) is 8.62. The molecule has 1 N–H and O–H groups in total. The standard InChI is InChI=1S/C21H22N2O3/c1-12(2)19(24)17-18(16-7-5-6-10-22-16)23(21(26)20(17)25)15-9-8-13(3)14(4)11-15/h5-12,18,25H,1-4H3. The molecule has 0 saturated heterocycles. The van der Waals surface area contributed by atoms with Crippen LogP contribution >= 0.6 is 0 Å². The predicted molar refractivity (Wildman–Crippen MR) is 99.9 cm³/mol. The number of aryl methyl sites for hydroxylation is 2. The van der Waals surface area contributed by atoms with Gasteiger partial charge >= 0.3 is 0 Å². The van der Waals surface area contributed by atoms with Crippen LogP contribution in [0.25, 0.3) is 0 Å². The van der Waals surface area contributed by atoms with Gasteiger partial charge in [-0.05, 0) is 49.2 Å². The predicted octanol–water partition coefficient (Wildman–Crippen LogP) is 3.82. The summed E-state index contributed by atoms with van der Waals surface area (Å²) in [6.07, 6.45) is 1.62. The van der Waals surface area contributed by atoms with E-state index in [0.29, 0.717) is 11.4 Å². The van der Waals surface area contributed by atoms with E-state index in [1.54, 1.807) is 38.2 Å². The molecule has 1 atom stereocenters. The molecule has 1 aromatic heterocycles. The third kappa shape index (κ3) is 2.90. The van der Waals surface area contributed by atoms with E-state index in [1.807, 2.05) is 32.0 Å². The van der Waals surface area contributed by atoms with Crippen LogP contribution in [0.5, 0.6) is 0 Å². The number of amides is 1. The number of hydrogen-bond donors (Lipinski definition) is 1. The Morgan fingerprint density at radius 1 is 1.15 bits per heavy atom. The lowest BCUT2D eigenvalue weighted by atomic mass is 9.93. The van der Waals surface area contributed by atoms with Crippen molar-refractivity contribution in [3.63, 3.8) is 0 Å². The highest BCUT2D eigenvalue weighted by Gasteiger charge is 2.45. The minimum Gasteiger partial charge on any atom is -0.503 e. The molecule has 134 valence electrons. The lowest BCUT2D eigenvalue weighted by Gasteiger charge is -2.27. The van der Waals surface area contributed by atoms with Crippen LogP contribution in [0.2, 0.25) is 0 Å². The van der Waals surface area contributed by atoms with Gasteiger partial charge in [0.05, 0.1) is 11.3 Å². The lowest BCUT2D eigenvalue weighted by molar-refractivity contribution is -0.119. The minimum atomic E-state index is -0.735. The van der Waals surface area contributed by atoms with Crippen molar-refractivity contribution in [3.05, 3.63) is 70.7 Å². The maximum absolute atomic E-state index is 12.9. The molecule has 5 heteroatoms. The normalized spacial score (nSPS) is 17.3. The van der Waals surface area contributed by atoms with E-state index in [4.69, 9.17) is 0 Å². The fourth-order valence-corrected chi connectivity index (χ4v) is 3.13. The molecule has 1 amide bonds. The topological polar surface area (TPSA) is 70.5 Å². The largest absolute Gasteiger partial charge is 0.503 e. The molecule has 0 radical (unpaired) electrons. The zero-order chi connectivity index (χ0) is 19.0. The smallest absolute Gasteiger partial charge is 0.294 e. The Morgan fingerprint density at radius 2 is 1.88 bits per heavy atom. The number of pyridine rings is 1. The molecule has 26 heavy (non-hydrogen) atoms. The Balaban J connectivity index is 2.19. The molecule has 0 saturated carbocycles. The summed E-state index contributed by atoms with van der Waals surface area (Å²) in [5.74, 6) is -1.66. The van der Waals surface area contributed by atoms with Gasteiger partial charge < -0.3 is 5.11 Å². The molecular formula is C21H22N2O3. The molecular weight excluding hydrogens is 328 g/mol. The number of aliphatic hydroxyl groups excluding tert-OH is 1. The van der Waals surface area contributed by atoms with E-state index >= 15 is 0 Å². The van der Waals surface area contributed by atoms with Gasteiger partial charge in [-0.2, -0.15) is 0 Å². The molecule has 1 aromatic carbocycles. The first-order chi connectivity index (χ1) is 12.3. The van der Waals surface area contributed by atoms with Gasteiger partial charge in [0.2, 0.25) is 0 Å². The highest BCUT2D eigenvalue weighted by molar-refractivity contribution is 6.16. The van der Waals surface area contributed by atoms with Gasteiger partial charge in [0.15, 0.2) is 11.5 Å². The monoisotopic (exact) mass is 350 g/mol. The highest BCUT2D eigenvalue weighted by atomic mass is 16.3. The van der Waals surface area contributed by atoms with Gasteiger partial charge in [-0.1, -0.05) is 26.0 Å². The maximum atomic E-state index is 12.9. The van der Waals surface area contributed by atoms with Crippen molar-refractivity contribution in [2.24, 2.45) is 5.92 Å². The molecule has 0 aliphatic carbocycles. The molecule has 2 aromatic rings. The molecule has 1 aliphatic heterocycles. The van der Waals surface area contributed by atoms with E-state index < -0.39 is 17.7 Å². The van der Waals surface area contributed by atoms with Crippen LogP contribution in [0, 0.1) is 19.8 Å². The Bertz CT molecular complexity index is 901. The number of rotatable bonds is 4. The van der Waals surface area contributed by atoms with Crippen LogP contribution in [-0.4, -0.2) is 21.8 Å². The fraction of sp³-hybridized carbons (Fsp3) is 0.286. The van der Waals surface area contributed by atoms with Gasteiger partial charge in [-0.15, -0.1) is 0 Å².